The number of aromatic nitrogens is 3. The van der Waals surface area contributed by atoms with Crippen LogP contribution in [0.15, 0.2) is 36.8 Å². The Hall–Kier alpha value is -1.84. The number of rotatable bonds is 2. The highest BCUT2D eigenvalue weighted by Crippen LogP contribution is 2.29. The second kappa shape index (κ2) is 5.41. The van der Waals surface area contributed by atoms with E-state index in [1.807, 2.05) is 10.6 Å². The van der Waals surface area contributed by atoms with Crippen molar-refractivity contribution >= 4 is 28.4 Å². The highest BCUT2D eigenvalue weighted by Gasteiger charge is 2.31. The predicted octanol–water partition coefficient (Wildman–Crippen LogP) is 4.21. The van der Waals surface area contributed by atoms with Gasteiger partial charge in [-0.2, -0.15) is 0 Å². The quantitative estimate of drug-likeness (QED) is 0.585. The van der Waals surface area contributed by atoms with Gasteiger partial charge in [-0.1, -0.05) is 6.07 Å². The minimum absolute atomic E-state index is 0.236. The molecule has 3 rings (SSSR count). The minimum Gasteiger partial charge on any atom is -0.406 e. The molecule has 2 heterocycles. The van der Waals surface area contributed by atoms with E-state index in [1.54, 1.807) is 25.4 Å². The maximum Gasteiger partial charge on any atom is 0.573 e. The normalized spacial score (nSPS) is 11.9. The van der Waals surface area contributed by atoms with Crippen LogP contribution in [0.1, 0.15) is 5.56 Å². The summed E-state index contributed by atoms with van der Waals surface area (Å²) in [6.07, 6.45) is 0.496. The van der Waals surface area contributed by atoms with Gasteiger partial charge in [-0.3, -0.25) is 4.40 Å². The molecule has 114 valence electrons. The van der Waals surface area contributed by atoms with Crippen molar-refractivity contribution in [3.05, 3.63) is 46.1 Å². The SMILES string of the molecule is Cc1cc(OC(F)(F)F)ccc1-c1cnc2ncc(I)n2c1. The second-order valence-electron chi connectivity index (χ2n) is 4.62. The van der Waals surface area contributed by atoms with Gasteiger partial charge < -0.3 is 4.74 Å². The number of hydrogen-bond acceptors (Lipinski definition) is 3. The van der Waals surface area contributed by atoms with Gasteiger partial charge in [-0.05, 0) is 52.8 Å². The number of imidazole rings is 1. The molecule has 8 heteroatoms. The molecule has 0 saturated heterocycles. The summed E-state index contributed by atoms with van der Waals surface area (Å²) in [6, 6.07) is 4.23. The van der Waals surface area contributed by atoms with Gasteiger partial charge in [0.1, 0.15) is 9.45 Å². The standard InChI is InChI=1S/C14H9F3IN3O/c1-8-4-10(22-14(15,16)17)2-3-11(8)9-5-19-13-20-6-12(18)21(13)7-9/h2-7H,1H3. The van der Waals surface area contributed by atoms with Crippen molar-refractivity contribution in [1.82, 2.24) is 14.4 Å². The van der Waals surface area contributed by atoms with Gasteiger partial charge in [0.15, 0.2) is 0 Å². The third-order valence-corrected chi connectivity index (χ3v) is 3.86. The monoisotopic (exact) mass is 419 g/mol. The van der Waals surface area contributed by atoms with Crippen LogP contribution in [-0.4, -0.2) is 20.7 Å². The maximum atomic E-state index is 12.2. The zero-order valence-electron chi connectivity index (χ0n) is 11.2. The Bertz CT molecular complexity index is 845. The summed E-state index contributed by atoms with van der Waals surface area (Å²) in [5.41, 5.74) is 2.24. The van der Waals surface area contributed by atoms with E-state index in [4.69, 9.17) is 0 Å². The van der Waals surface area contributed by atoms with Crippen LogP contribution in [0, 0.1) is 10.6 Å². The molecule has 3 aromatic rings. The Morgan fingerprint density at radius 1 is 1.18 bits per heavy atom. The van der Waals surface area contributed by atoms with Crippen LogP contribution in [0.4, 0.5) is 13.2 Å². The van der Waals surface area contributed by atoms with Crippen LogP contribution >= 0.6 is 22.6 Å². The van der Waals surface area contributed by atoms with Crippen LogP contribution in [0.2, 0.25) is 0 Å². The number of halogens is 4. The third-order valence-electron chi connectivity index (χ3n) is 3.06. The van der Waals surface area contributed by atoms with Crippen molar-refractivity contribution in [1.29, 1.82) is 0 Å². The first-order valence-corrected chi connectivity index (χ1v) is 7.27. The molecule has 2 aromatic heterocycles. The van der Waals surface area contributed by atoms with Crippen LogP contribution in [0.5, 0.6) is 5.75 Å². The average Bonchev–Trinajstić information content (AvgIpc) is 2.78. The Balaban J connectivity index is 2.01. The fourth-order valence-electron chi connectivity index (χ4n) is 2.14. The van der Waals surface area contributed by atoms with Crippen molar-refractivity contribution in [3.63, 3.8) is 0 Å². The fraction of sp³-hybridized carbons (Fsp3) is 0.143. The van der Waals surface area contributed by atoms with E-state index in [0.717, 1.165) is 14.8 Å². The summed E-state index contributed by atoms with van der Waals surface area (Å²) in [4.78, 5) is 8.37. The van der Waals surface area contributed by atoms with E-state index in [9.17, 15) is 13.2 Å². The Morgan fingerprint density at radius 2 is 1.91 bits per heavy atom. The molecule has 0 spiro atoms. The number of aryl methyl sites for hydroxylation is 1. The van der Waals surface area contributed by atoms with Crippen molar-refractivity contribution in [3.8, 4) is 16.9 Å². The lowest BCUT2D eigenvalue weighted by Gasteiger charge is -2.12. The molecule has 0 amide bonds. The summed E-state index contributed by atoms with van der Waals surface area (Å²) in [7, 11) is 0. The van der Waals surface area contributed by atoms with Crippen molar-refractivity contribution in [2.24, 2.45) is 0 Å². The molecular formula is C14H9F3IN3O. The van der Waals surface area contributed by atoms with Crippen molar-refractivity contribution in [2.75, 3.05) is 0 Å². The number of ether oxygens (including phenoxy) is 1. The molecule has 1 aromatic carbocycles. The predicted molar refractivity (Wildman–Crippen MR) is 82.6 cm³/mol. The summed E-state index contributed by atoms with van der Waals surface area (Å²) < 4.78 is 43.3. The summed E-state index contributed by atoms with van der Waals surface area (Å²) >= 11 is 2.13. The zero-order chi connectivity index (χ0) is 15.9. The summed E-state index contributed by atoms with van der Waals surface area (Å²) in [5.74, 6) is 0.336. The van der Waals surface area contributed by atoms with Gasteiger partial charge in [0.25, 0.3) is 0 Å². The van der Waals surface area contributed by atoms with E-state index in [-0.39, 0.29) is 5.75 Å². The number of benzene rings is 1. The maximum absolute atomic E-state index is 12.2. The van der Waals surface area contributed by atoms with E-state index in [0.29, 0.717) is 11.3 Å². The molecule has 0 unspecified atom stereocenters. The van der Waals surface area contributed by atoms with Gasteiger partial charge in [0.2, 0.25) is 5.78 Å². The van der Waals surface area contributed by atoms with Gasteiger partial charge in [-0.25, -0.2) is 9.97 Å². The van der Waals surface area contributed by atoms with Crippen molar-refractivity contribution < 1.29 is 17.9 Å². The first-order valence-electron chi connectivity index (χ1n) is 6.19. The first kappa shape index (κ1) is 15.1. The average molecular weight is 419 g/mol. The van der Waals surface area contributed by atoms with Crippen LogP contribution in [0.25, 0.3) is 16.9 Å². The summed E-state index contributed by atoms with van der Waals surface area (Å²) in [6.45, 7) is 1.72. The first-order chi connectivity index (χ1) is 10.3. The molecule has 0 aliphatic carbocycles. The molecular weight excluding hydrogens is 410 g/mol. The molecule has 0 saturated carbocycles. The Labute approximate surface area is 137 Å². The molecule has 0 N–H and O–H groups in total. The van der Waals surface area contributed by atoms with Crippen LogP contribution in [-0.2, 0) is 0 Å². The molecule has 0 atom stereocenters. The van der Waals surface area contributed by atoms with E-state index >= 15 is 0 Å². The highest BCUT2D eigenvalue weighted by atomic mass is 127. The highest BCUT2D eigenvalue weighted by molar-refractivity contribution is 14.1. The van der Waals surface area contributed by atoms with Crippen LogP contribution < -0.4 is 4.74 Å². The van der Waals surface area contributed by atoms with E-state index in [2.05, 4.69) is 37.3 Å². The fourth-order valence-corrected chi connectivity index (χ4v) is 2.64. The summed E-state index contributed by atoms with van der Waals surface area (Å²) in [5, 5.41) is 0. The Morgan fingerprint density at radius 3 is 2.59 bits per heavy atom. The lowest BCUT2D eigenvalue weighted by molar-refractivity contribution is -0.274. The molecule has 0 aliphatic rings. The molecule has 22 heavy (non-hydrogen) atoms. The van der Waals surface area contributed by atoms with E-state index < -0.39 is 6.36 Å². The molecule has 0 aliphatic heterocycles. The number of fused-ring (bicyclic) bond motifs is 1. The number of hydrogen-bond donors (Lipinski definition) is 0. The van der Waals surface area contributed by atoms with Gasteiger partial charge in [-0.15, -0.1) is 13.2 Å². The zero-order valence-corrected chi connectivity index (χ0v) is 13.4. The van der Waals surface area contributed by atoms with Crippen molar-refractivity contribution in [2.45, 2.75) is 13.3 Å². The van der Waals surface area contributed by atoms with Gasteiger partial charge in [0.05, 0.1) is 6.20 Å². The van der Waals surface area contributed by atoms with Gasteiger partial charge in [0, 0.05) is 18.0 Å². The minimum atomic E-state index is -4.69. The second-order valence-corrected chi connectivity index (χ2v) is 5.72. The Kier molecular flexibility index (Phi) is 3.71. The smallest absolute Gasteiger partial charge is 0.406 e. The van der Waals surface area contributed by atoms with E-state index in [1.165, 1.54) is 12.1 Å². The molecule has 4 nitrogen and oxygen atoms in total. The number of nitrogens with zero attached hydrogens (tertiary/aromatic N) is 3. The van der Waals surface area contributed by atoms with Crippen LogP contribution in [0.3, 0.4) is 0 Å². The largest absolute Gasteiger partial charge is 0.573 e. The molecule has 0 fully saturated rings. The van der Waals surface area contributed by atoms with Gasteiger partial charge >= 0.3 is 6.36 Å². The topological polar surface area (TPSA) is 39.4 Å². The lowest BCUT2D eigenvalue weighted by atomic mass is 10.0. The number of alkyl halides is 3. The third kappa shape index (κ3) is 3.01. The molecule has 0 bridgehead atoms. The lowest BCUT2D eigenvalue weighted by Crippen LogP contribution is -2.17. The molecule has 0 radical (unpaired) electrons.